The topological polar surface area (TPSA) is 86.4 Å². The van der Waals surface area contributed by atoms with E-state index in [1.54, 1.807) is 0 Å². The Bertz CT molecular complexity index is 3230. The van der Waals surface area contributed by atoms with E-state index in [1.807, 2.05) is 201 Å². The van der Waals surface area contributed by atoms with Crippen LogP contribution in [0.25, 0.3) is 0 Å². The Balaban J connectivity index is 0.859. The van der Waals surface area contributed by atoms with Crippen molar-refractivity contribution >= 4 is 28.5 Å². The first-order valence-corrected chi connectivity index (χ1v) is 24.0. The molecule has 0 atom stereocenters. The van der Waals surface area contributed by atoms with Crippen LogP contribution in [-0.4, -0.2) is 49.6 Å². The van der Waals surface area contributed by atoms with E-state index in [0.29, 0.717) is 23.9 Å². The van der Waals surface area contributed by atoms with E-state index in [-0.39, 0.29) is 20.2 Å². The molecule has 8 heteroatoms. The van der Waals surface area contributed by atoms with E-state index in [0.717, 1.165) is 78.8 Å². The third-order valence-electron chi connectivity index (χ3n) is 11.6. The first-order valence-electron chi connectivity index (χ1n) is 24.0. The molecule has 0 aromatic heterocycles. The standard InChI is InChI=1S/C64H54N4O4/c1-3-69-57-36-26-52(27-37-57)61(48-16-8-4-9-17-48)65-44-70-58-38-28-53(29-39-58)62(49-18-10-5-11-19-49)66-45-71-59-40-30-54(31-41-59)63(50-20-12-6-13-21-50)67-46-72-60-42-32-55(33-43-60)64(51-22-14-7-15-23-51)68-56-34-24-47(2)25-35-56/h4-43H,3,44-46H2,1-2H3/b65-61-,66-62-,67-63-,68-64?. The molecule has 9 rings (SSSR count). The molecule has 0 aliphatic rings. The molecule has 72 heavy (non-hydrogen) atoms. The zero-order chi connectivity index (χ0) is 49.2. The van der Waals surface area contributed by atoms with Crippen LogP contribution in [0.4, 0.5) is 5.69 Å². The van der Waals surface area contributed by atoms with Crippen molar-refractivity contribution in [1.29, 1.82) is 0 Å². The molecule has 0 N–H and O–H groups in total. The van der Waals surface area contributed by atoms with Gasteiger partial charge in [-0.3, -0.25) is 0 Å². The third-order valence-corrected chi connectivity index (χ3v) is 11.6. The van der Waals surface area contributed by atoms with E-state index in [2.05, 4.69) is 55.5 Å². The van der Waals surface area contributed by atoms with Crippen LogP contribution in [0, 0.1) is 6.92 Å². The quantitative estimate of drug-likeness (QED) is 0.0712. The lowest BCUT2D eigenvalue weighted by molar-refractivity contribution is 0.331. The smallest absolute Gasteiger partial charge is 0.179 e. The summed E-state index contributed by atoms with van der Waals surface area (Å²) in [6.45, 7) is 5.05. The first-order chi connectivity index (χ1) is 35.6. The van der Waals surface area contributed by atoms with Gasteiger partial charge in [0, 0.05) is 44.5 Å². The summed E-state index contributed by atoms with van der Waals surface area (Å²) in [5, 5.41) is 0. The molecule has 0 spiro atoms. The molecule has 9 aromatic carbocycles. The summed E-state index contributed by atoms with van der Waals surface area (Å²) in [5.41, 5.74) is 13.3. The lowest BCUT2D eigenvalue weighted by Crippen LogP contribution is -2.08. The van der Waals surface area contributed by atoms with Gasteiger partial charge in [-0.1, -0.05) is 139 Å². The van der Waals surface area contributed by atoms with E-state index >= 15 is 0 Å². The molecular formula is C64H54N4O4. The fraction of sp³-hybridized carbons (Fsp3) is 0.0938. The van der Waals surface area contributed by atoms with Crippen LogP contribution in [0.2, 0.25) is 0 Å². The Labute approximate surface area is 422 Å². The average Bonchev–Trinajstić information content (AvgIpc) is 3.44. The lowest BCUT2D eigenvalue weighted by atomic mass is 10.0. The third kappa shape index (κ3) is 12.9. The SMILES string of the molecule is CCOc1ccc(/C(=N\COc2ccc(/C(=N\COc3ccc(/C(=N\COc4ccc(C(=Nc5ccc(C)cc5)c5ccccc5)cc4)c4ccccc4)cc3)c3ccccc3)cc2)c2ccccc2)cc1. The van der Waals surface area contributed by atoms with Crippen molar-refractivity contribution in [3.8, 4) is 23.0 Å². The normalized spacial score (nSPS) is 12.0. The van der Waals surface area contributed by atoms with Crippen LogP contribution in [0.1, 0.15) is 57.0 Å². The summed E-state index contributed by atoms with van der Waals surface area (Å²) < 4.78 is 24.3. The molecule has 0 aliphatic carbocycles. The van der Waals surface area contributed by atoms with E-state index < -0.39 is 0 Å². The number of aliphatic imine (C=N–C) groups is 4. The van der Waals surface area contributed by atoms with Gasteiger partial charge in [0.2, 0.25) is 0 Å². The van der Waals surface area contributed by atoms with Gasteiger partial charge in [0.25, 0.3) is 0 Å². The fourth-order valence-electron chi connectivity index (χ4n) is 7.99. The molecular weight excluding hydrogens is 889 g/mol. The van der Waals surface area contributed by atoms with Gasteiger partial charge in [0.15, 0.2) is 20.2 Å². The molecule has 354 valence electrons. The summed E-state index contributed by atoms with van der Waals surface area (Å²) in [5.74, 6) is 2.91. The van der Waals surface area contributed by atoms with Crippen molar-refractivity contribution in [2.24, 2.45) is 20.0 Å². The Morgan fingerprint density at radius 1 is 0.292 bits per heavy atom. The van der Waals surface area contributed by atoms with Crippen molar-refractivity contribution in [2.45, 2.75) is 13.8 Å². The first kappa shape index (κ1) is 47.9. The molecule has 0 unspecified atom stereocenters. The molecule has 0 radical (unpaired) electrons. The highest BCUT2D eigenvalue weighted by Gasteiger charge is 2.13. The number of benzene rings is 9. The molecule has 0 aliphatic heterocycles. The maximum Gasteiger partial charge on any atom is 0.179 e. The Hall–Kier alpha value is -9.14. The second-order valence-corrected chi connectivity index (χ2v) is 16.6. The highest BCUT2D eigenvalue weighted by atomic mass is 16.5. The highest BCUT2D eigenvalue weighted by molar-refractivity contribution is 6.15. The highest BCUT2D eigenvalue weighted by Crippen LogP contribution is 2.24. The van der Waals surface area contributed by atoms with Gasteiger partial charge in [-0.05, 0) is 123 Å². The molecule has 9 aromatic rings. The van der Waals surface area contributed by atoms with Crippen molar-refractivity contribution in [1.82, 2.24) is 0 Å². The van der Waals surface area contributed by atoms with Gasteiger partial charge in [0.1, 0.15) is 23.0 Å². The number of hydrogen-bond donors (Lipinski definition) is 0. The molecule has 0 fully saturated rings. The Morgan fingerprint density at radius 3 is 0.861 bits per heavy atom. The molecule has 0 bridgehead atoms. The predicted molar refractivity (Wildman–Crippen MR) is 293 cm³/mol. The van der Waals surface area contributed by atoms with Crippen LogP contribution in [0.5, 0.6) is 23.0 Å². The van der Waals surface area contributed by atoms with Crippen LogP contribution in [0.3, 0.4) is 0 Å². The number of hydrogen-bond acceptors (Lipinski definition) is 8. The van der Waals surface area contributed by atoms with E-state index in [1.165, 1.54) is 5.56 Å². The van der Waals surface area contributed by atoms with Gasteiger partial charge >= 0.3 is 0 Å². The average molecular weight is 943 g/mol. The minimum absolute atomic E-state index is 0.112. The van der Waals surface area contributed by atoms with Crippen LogP contribution < -0.4 is 18.9 Å². The van der Waals surface area contributed by atoms with Gasteiger partial charge in [-0.25, -0.2) is 20.0 Å². The van der Waals surface area contributed by atoms with Gasteiger partial charge in [-0.2, -0.15) is 0 Å². The molecule has 0 saturated heterocycles. The minimum atomic E-state index is 0.112. The minimum Gasteiger partial charge on any atom is -0.494 e. The van der Waals surface area contributed by atoms with Crippen molar-refractivity contribution < 1.29 is 18.9 Å². The largest absolute Gasteiger partial charge is 0.494 e. The van der Waals surface area contributed by atoms with Crippen LogP contribution in [0.15, 0.2) is 263 Å². The second-order valence-electron chi connectivity index (χ2n) is 16.6. The summed E-state index contributed by atoms with van der Waals surface area (Å²) in [4.78, 5) is 19.8. The van der Waals surface area contributed by atoms with Gasteiger partial charge in [0.05, 0.1) is 35.1 Å². The number of aryl methyl sites for hydroxylation is 1. The summed E-state index contributed by atoms with van der Waals surface area (Å²) >= 11 is 0. The molecule has 0 heterocycles. The zero-order valence-corrected chi connectivity index (χ0v) is 40.3. The lowest BCUT2D eigenvalue weighted by Gasteiger charge is -2.12. The van der Waals surface area contributed by atoms with Crippen molar-refractivity contribution in [2.75, 3.05) is 26.8 Å². The van der Waals surface area contributed by atoms with Crippen molar-refractivity contribution in [3.05, 3.63) is 293 Å². The van der Waals surface area contributed by atoms with Crippen molar-refractivity contribution in [3.63, 3.8) is 0 Å². The summed E-state index contributed by atoms with van der Waals surface area (Å²) in [7, 11) is 0. The van der Waals surface area contributed by atoms with Gasteiger partial charge in [-0.15, -0.1) is 0 Å². The van der Waals surface area contributed by atoms with Crippen LogP contribution in [-0.2, 0) is 0 Å². The summed E-state index contributed by atoms with van der Waals surface area (Å²) in [6, 6.07) is 80.6. The van der Waals surface area contributed by atoms with Crippen LogP contribution >= 0.6 is 0 Å². The molecule has 8 nitrogen and oxygen atoms in total. The monoisotopic (exact) mass is 942 g/mol. The Morgan fingerprint density at radius 2 is 0.556 bits per heavy atom. The predicted octanol–water partition coefficient (Wildman–Crippen LogP) is 14.2. The number of nitrogens with zero attached hydrogens (tertiary/aromatic N) is 4. The Kier molecular flexibility index (Phi) is 16.2. The molecule has 0 saturated carbocycles. The summed E-state index contributed by atoms with van der Waals surface area (Å²) in [6.07, 6.45) is 0. The fourth-order valence-corrected chi connectivity index (χ4v) is 7.99. The maximum absolute atomic E-state index is 6.24. The molecule has 0 amide bonds. The second kappa shape index (κ2) is 24.4. The van der Waals surface area contributed by atoms with Gasteiger partial charge < -0.3 is 18.9 Å². The van der Waals surface area contributed by atoms with E-state index in [9.17, 15) is 0 Å². The zero-order valence-electron chi connectivity index (χ0n) is 40.3. The number of ether oxygens (including phenoxy) is 4. The van der Waals surface area contributed by atoms with E-state index in [4.69, 9.17) is 38.9 Å². The maximum atomic E-state index is 6.24. The number of rotatable bonds is 20.